The molecule has 0 aromatic carbocycles. The smallest absolute Gasteiger partial charge is 0.179 e. The van der Waals surface area contributed by atoms with Crippen LogP contribution in [-0.2, 0) is 9.47 Å². The molecule has 3 rings (SSSR count). The van der Waals surface area contributed by atoms with Crippen LogP contribution in [-0.4, -0.2) is 41.8 Å². The number of fused-ring (bicyclic) bond motifs is 1. The Kier molecular flexibility index (Phi) is 3.90. The molecule has 0 saturated carbocycles. The third-order valence-corrected chi connectivity index (χ3v) is 3.93. The molecule has 6 nitrogen and oxygen atoms in total. The van der Waals surface area contributed by atoms with Crippen molar-refractivity contribution in [2.45, 2.75) is 25.7 Å². The average molecular weight is 288 g/mol. The van der Waals surface area contributed by atoms with E-state index in [0.29, 0.717) is 0 Å². The van der Waals surface area contributed by atoms with Crippen LogP contribution < -0.4 is 5.32 Å². The van der Waals surface area contributed by atoms with E-state index in [1.807, 2.05) is 16.8 Å². The number of hydrogen-bond donors (Lipinski definition) is 1. The summed E-state index contributed by atoms with van der Waals surface area (Å²) in [6, 6.07) is 4.02. The molecule has 112 valence electrons. The number of anilines is 1. The Morgan fingerprint density at radius 1 is 1.29 bits per heavy atom. The fourth-order valence-corrected chi connectivity index (χ4v) is 2.88. The monoisotopic (exact) mass is 288 g/mol. The minimum atomic E-state index is -0.296. The number of nitrogens with one attached hydrogen (secondary N) is 1. The van der Waals surface area contributed by atoms with Gasteiger partial charge in [-0.2, -0.15) is 5.10 Å². The van der Waals surface area contributed by atoms with E-state index in [1.54, 1.807) is 26.6 Å². The van der Waals surface area contributed by atoms with Gasteiger partial charge in [-0.1, -0.05) is 0 Å². The van der Waals surface area contributed by atoms with Crippen LogP contribution in [0.2, 0.25) is 0 Å². The highest BCUT2D eigenvalue weighted by Gasteiger charge is 2.31. The first kappa shape index (κ1) is 14.0. The van der Waals surface area contributed by atoms with Crippen LogP contribution in [0.3, 0.4) is 0 Å². The minimum Gasteiger partial charge on any atom is -0.370 e. The van der Waals surface area contributed by atoms with Gasteiger partial charge in [-0.15, -0.1) is 0 Å². The predicted molar refractivity (Wildman–Crippen MR) is 80.1 cm³/mol. The van der Waals surface area contributed by atoms with Gasteiger partial charge in [-0.05, 0) is 25.5 Å². The van der Waals surface area contributed by atoms with E-state index in [0.717, 1.165) is 35.6 Å². The zero-order valence-corrected chi connectivity index (χ0v) is 12.5. The number of methoxy groups -OCH3 is 2. The van der Waals surface area contributed by atoms with Gasteiger partial charge in [0.2, 0.25) is 0 Å². The Morgan fingerprint density at radius 3 is 2.67 bits per heavy atom. The Labute approximate surface area is 124 Å². The lowest BCUT2D eigenvalue weighted by Gasteiger charge is -2.30. The van der Waals surface area contributed by atoms with Crippen molar-refractivity contribution in [2.24, 2.45) is 0 Å². The quantitative estimate of drug-likeness (QED) is 0.874. The molecule has 1 aliphatic heterocycles. The second-order valence-corrected chi connectivity index (χ2v) is 5.13. The maximum absolute atomic E-state index is 5.43. The summed E-state index contributed by atoms with van der Waals surface area (Å²) in [5.41, 5.74) is 3.17. The predicted octanol–water partition coefficient (Wildman–Crippen LogP) is 2.23. The third kappa shape index (κ3) is 2.41. The molecule has 1 N–H and O–H groups in total. The topological polar surface area (TPSA) is 61.2 Å². The van der Waals surface area contributed by atoms with Crippen LogP contribution in [0.15, 0.2) is 24.5 Å². The molecule has 21 heavy (non-hydrogen) atoms. The standard InChI is InChI=1S/C15H20N4O2/c1-10-13(11-4-7-16-8-5-11)18-19-12(15(20-2)21-3)6-9-17-14(10)19/h4-5,7-8,12,15,17H,6,9H2,1-3H3. The molecule has 0 fully saturated rings. The molecule has 2 aromatic rings. The first-order chi connectivity index (χ1) is 10.3. The summed E-state index contributed by atoms with van der Waals surface area (Å²) in [4.78, 5) is 4.06. The highest BCUT2D eigenvalue weighted by atomic mass is 16.7. The van der Waals surface area contributed by atoms with Crippen LogP contribution in [0.4, 0.5) is 5.82 Å². The molecule has 0 spiro atoms. The molecule has 0 bridgehead atoms. The summed E-state index contributed by atoms with van der Waals surface area (Å²) < 4.78 is 12.9. The fraction of sp³-hybridized carbons (Fsp3) is 0.467. The number of aromatic nitrogens is 3. The van der Waals surface area contributed by atoms with Crippen LogP contribution >= 0.6 is 0 Å². The Balaban J connectivity index is 2.05. The van der Waals surface area contributed by atoms with Gasteiger partial charge in [-0.3, -0.25) is 4.98 Å². The van der Waals surface area contributed by atoms with Crippen molar-refractivity contribution in [2.75, 3.05) is 26.1 Å². The number of hydrogen-bond acceptors (Lipinski definition) is 5. The summed E-state index contributed by atoms with van der Waals surface area (Å²) in [5, 5.41) is 8.21. The zero-order chi connectivity index (χ0) is 14.8. The summed E-state index contributed by atoms with van der Waals surface area (Å²) in [6.07, 6.45) is 4.18. The molecule has 0 radical (unpaired) electrons. The van der Waals surface area contributed by atoms with Crippen LogP contribution in [0, 0.1) is 6.92 Å². The van der Waals surface area contributed by atoms with Crippen molar-refractivity contribution in [3.05, 3.63) is 30.1 Å². The average Bonchev–Trinajstić information content (AvgIpc) is 2.88. The second-order valence-electron chi connectivity index (χ2n) is 5.13. The van der Waals surface area contributed by atoms with E-state index in [2.05, 4.69) is 17.2 Å². The summed E-state index contributed by atoms with van der Waals surface area (Å²) >= 11 is 0. The largest absolute Gasteiger partial charge is 0.370 e. The van der Waals surface area contributed by atoms with E-state index >= 15 is 0 Å². The van der Waals surface area contributed by atoms with Gasteiger partial charge in [0.25, 0.3) is 0 Å². The van der Waals surface area contributed by atoms with E-state index < -0.39 is 0 Å². The lowest BCUT2D eigenvalue weighted by Crippen LogP contribution is -2.34. The van der Waals surface area contributed by atoms with Crippen LogP contribution in [0.1, 0.15) is 18.0 Å². The first-order valence-electron chi connectivity index (χ1n) is 7.05. The molecule has 0 saturated heterocycles. The van der Waals surface area contributed by atoms with Gasteiger partial charge in [-0.25, -0.2) is 4.68 Å². The van der Waals surface area contributed by atoms with Crippen molar-refractivity contribution in [3.8, 4) is 11.3 Å². The SMILES string of the molecule is COC(OC)C1CCNc2c(C)c(-c3ccncc3)nn21. The fourth-order valence-electron chi connectivity index (χ4n) is 2.88. The van der Waals surface area contributed by atoms with Gasteiger partial charge in [0.15, 0.2) is 6.29 Å². The Morgan fingerprint density at radius 2 is 2.00 bits per heavy atom. The van der Waals surface area contributed by atoms with Crippen molar-refractivity contribution < 1.29 is 9.47 Å². The van der Waals surface area contributed by atoms with Crippen molar-refractivity contribution >= 4 is 5.82 Å². The van der Waals surface area contributed by atoms with E-state index in [1.165, 1.54) is 0 Å². The zero-order valence-electron chi connectivity index (χ0n) is 12.5. The molecule has 6 heteroatoms. The Hall–Kier alpha value is -1.92. The lowest BCUT2D eigenvalue weighted by molar-refractivity contribution is -0.135. The number of rotatable bonds is 4. The van der Waals surface area contributed by atoms with Crippen LogP contribution in [0.5, 0.6) is 0 Å². The van der Waals surface area contributed by atoms with Gasteiger partial charge >= 0.3 is 0 Å². The van der Waals surface area contributed by atoms with Gasteiger partial charge in [0.05, 0.1) is 5.69 Å². The van der Waals surface area contributed by atoms with E-state index in [-0.39, 0.29) is 12.3 Å². The minimum absolute atomic E-state index is 0.0746. The second kappa shape index (κ2) is 5.83. The lowest BCUT2D eigenvalue weighted by atomic mass is 10.1. The molecular formula is C15H20N4O2. The van der Waals surface area contributed by atoms with E-state index in [9.17, 15) is 0 Å². The van der Waals surface area contributed by atoms with Gasteiger partial charge in [0.1, 0.15) is 11.9 Å². The highest BCUT2D eigenvalue weighted by Crippen LogP contribution is 2.35. The maximum atomic E-state index is 5.43. The molecule has 1 aliphatic rings. The first-order valence-corrected chi connectivity index (χ1v) is 7.05. The Bertz CT molecular complexity index is 608. The summed E-state index contributed by atoms with van der Waals surface area (Å²) in [5.74, 6) is 1.04. The number of pyridine rings is 1. The molecule has 3 heterocycles. The third-order valence-electron chi connectivity index (χ3n) is 3.93. The molecule has 2 aromatic heterocycles. The van der Waals surface area contributed by atoms with Crippen molar-refractivity contribution in [1.29, 1.82) is 0 Å². The van der Waals surface area contributed by atoms with Crippen molar-refractivity contribution in [1.82, 2.24) is 14.8 Å². The summed E-state index contributed by atoms with van der Waals surface area (Å²) in [7, 11) is 3.33. The molecule has 0 amide bonds. The van der Waals surface area contributed by atoms with Gasteiger partial charge < -0.3 is 14.8 Å². The highest BCUT2D eigenvalue weighted by molar-refractivity contribution is 5.69. The molecule has 1 atom stereocenters. The molecular weight excluding hydrogens is 268 g/mol. The molecule has 0 aliphatic carbocycles. The molecule has 1 unspecified atom stereocenters. The number of ether oxygens (including phenoxy) is 2. The normalized spacial score (nSPS) is 17.6. The summed E-state index contributed by atoms with van der Waals surface area (Å²) in [6.45, 7) is 2.97. The van der Waals surface area contributed by atoms with Crippen LogP contribution in [0.25, 0.3) is 11.3 Å². The van der Waals surface area contributed by atoms with E-state index in [4.69, 9.17) is 14.6 Å². The van der Waals surface area contributed by atoms with Gasteiger partial charge in [0, 0.05) is 44.3 Å². The van der Waals surface area contributed by atoms with Crippen molar-refractivity contribution in [3.63, 3.8) is 0 Å². The maximum Gasteiger partial charge on any atom is 0.179 e. The number of nitrogens with zero attached hydrogens (tertiary/aromatic N) is 3.